The van der Waals surface area contributed by atoms with Gasteiger partial charge in [-0.1, -0.05) is 94.2 Å². The topological polar surface area (TPSA) is 58.7 Å². The first-order valence-corrected chi connectivity index (χ1v) is 11.0. The highest BCUT2D eigenvalue weighted by Gasteiger charge is 2.07. The molecule has 0 spiro atoms. The highest BCUT2D eigenvalue weighted by Crippen LogP contribution is 2.17. The van der Waals surface area contributed by atoms with Gasteiger partial charge in [0.2, 0.25) is 5.96 Å². The van der Waals surface area contributed by atoms with Gasteiger partial charge in [-0.2, -0.15) is 4.99 Å². The van der Waals surface area contributed by atoms with Crippen molar-refractivity contribution < 1.29 is 4.79 Å². The first-order valence-electron chi connectivity index (χ1n) is 10.3. The summed E-state index contributed by atoms with van der Waals surface area (Å²) in [4.78, 5) is 18.1. The number of hydrogen-bond donors (Lipinski definition) is 1. The van der Waals surface area contributed by atoms with Crippen LogP contribution in [0.3, 0.4) is 0 Å². The van der Waals surface area contributed by atoms with E-state index in [1.54, 1.807) is 11.0 Å². The average Bonchev–Trinajstić information content (AvgIpc) is 2.84. The quantitative estimate of drug-likeness (QED) is 0.247. The minimum Gasteiger partial charge on any atom is -0.369 e. The number of aliphatic imine (C=N–C) groups is 1. The fourth-order valence-corrected chi connectivity index (χ4v) is 3.14. The van der Waals surface area contributed by atoms with Gasteiger partial charge in [-0.3, -0.25) is 4.79 Å². The van der Waals surface area contributed by atoms with Crippen molar-refractivity contribution in [2.75, 3.05) is 13.1 Å². The molecule has 0 radical (unpaired) electrons. The van der Waals surface area contributed by atoms with Gasteiger partial charge in [0.1, 0.15) is 0 Å². The molecule has 3 aromatic rings. The Labute approximate surface area is 203 Å². The minimum atomic E-state index is -0.458. The first kappa shape index (κ1) is 23.6. The van der Waals surface area contributed by atoms with Gasteiger partial charge < -0.3 is 10.6 Å². The number of benzene rings is 3. The summed E-state index contributed by atoms with van der Waals surface area (Å²) in [6, 6.07) is 26.9. The summed E-state index contributed by atoms with van der Waals surface area (Å²) in [5.41, 5.74) is 8.82. The van der Waals surface area contributed by atoms with Crippen molar-refractivity contribution in [3.63, 3.8) is 0 Å². The highest BCUT2D eigenvalue weighted by atomic mass is 79.9. The number of carbonyl (C=O) groups is 1. The summed E-state index contributed by atoms with van der Waals surface area (Å²) >= 11 is 3.45. The van der Waals surface area contributed by atoms with E-state index >= 15 is 0 Å². The molecular weight excluding hydrogens is 474 g/mol. The van der Waals surface area contributed by atoms with Gasteiger partial charge in [0, 0.05) is 21.7 Å². The van der Waals surface area contributed by atoms with Crippen molar-refractivity contribution in [1.29, 1.82) is 0 Å². The maximum absolute atomic E-state index is 12.4. The Balaban J connectivity index is 1.74. The Hall–Kier alpha value is -4.06. The number of halogens is 1. The molecule has 3 rings (SSSR count). The van der Waals surface area contributed by atoms with E-state index < -0.39 is 5.91 Å². The molecule has 0 saturated heterocycles. The number of nitrogens with zero attached hydrogens (tertiary/aromatic N) is 2. The lowest BCUT2D eigenvalue weighted by atomic mass is 10.2. The van der Waals surface area contributed by atoms with Crippen LogP contribution in [-0.4, -0.2) is 29.9 Å². The first-order chi connectivity index (χ1) is 16.1. The summed E-state index contributed by atoms with van der Waals surface area (Å²) in [6.45, 7) is 0.573. The molecule has 0 aliphatic heterocycles. The molecule has 33 heavy (non-hydrogen) atoms. The SMILES string of the molecule is NC(=NC(=O)/C=C/c1ccccc1Br)N(CC#Cc1ccccc1)CC#Cc1ccccc1. The Kier molecular flexibility index (Phi) is 9.09. The van der Waals surface area contributed by atoms with Gasteiger partial charge >= 0.3 is 0 Å². The molecular formula is C28H22BrN3O. The standard InChI is InChI=1S/C28H22BrN3O/c29-26-18-8-7-17-25(26)19-20-27(33)31-28(30)32(21-9-15-23-11-3-1-4-12-23)22-10-16-24-13-5-2-6-14-24/h1-8,11-14,17-20H,21-22H2,(H2,30,31,33)/b20-19+. The van der Waals surface area contributed by atoms with Crippen LogP contribution in [0.5, 0.6) is 0 Å². The molecule has 0 unspecified atom stereocenters. The number of rotatable bonds is 4. The van der Waals surface area contributed by atoms with Crippen LogP contribution in [0.25, 0.3) is 6.08 Å². The van der Waals surface area contributed by atoms with E-state index in [0.29, 0.717) is 0 Å². The molecule has 0 aromatic heterocycles. The second-order valence-electron chi connectivity index (χ2n) is 6.85. The van der Waals surface area contributed by atoms with Crippen LogP contribution in [0.2, 0.25) is 0 Å². The summed E-state index contributed by atoms with van der Waals surface area (Å²) in [5.74, 6) is 12.0. The van der Waals surface area contributed by atoms with Crippen molar-refractivity contribution in [2.45, 2.75) is 0 Å². The molecule has 0 atom stereocenters. The van der Waals surface area contributed by atoms with Crippen molar-refractivity contribution in [2.24, 2.45) is 10.7 Å². The van der Waals surface area contributed by atoms with E-state index in [1.165, 1.54) is 6.08 Å². The summed E-state index contributed by atoms with van der Waals surface area (Å²) < 4.78 is 0.889. The Morgan fingerprint density at radius 3 is 1.91 bits per heavy atom. The number of guanidine groups is 1. The summed E-state index contributed by atoms with van der Waals surface area (Å²) in [7, 11) is 0. The molecule has 162 valence electrons. The van der Waals surface area contributed by atoms with Gasteiger partial charge in [0.05, 0.1) is 13.1 Å². The zero-order chi connectivity index (χ0) is 23.3. The molecule has 0 saturated carbocycles. The van der Waals surface area contributed by atoms with Crippen molar-refractivity contribution in [1.82, 2.24) is 4.90 Å². The third-order valence-electron chi connectivity index (χ3n) is 4.41. The van der Waals surface area contributed by atoms with Gasteiger partial charge in [0.25, 0.3) is 5.91 Å². The van der Waals surface area contributed by atoms with E-state index in [4.69, 9.17) is 5.73 Å². The maximum Gasteiger partial charge on any atom is 0.272 e. The lowest BCUT2D eigenvalue weighted by Gasteiger charge is -2.17. The number of amides is 1. The summed E-state index contributed by atoms with van der Waals surface area (Å²) in [5, 5.41) is 0. The normalized spacial score (nSPS) is 10.6. The van der Waals surface area contributed by atoms with Gasteiger partial charge in [0.15, 0.2) is 0 Å². The van der Waals surface area contributed by atoms with Crippen molar-refractivity contribution >= 4 is 33.9 Å². The van der Waals surface area contributed by atoms with E-state index in [2.05, 4.69) is 44.6 Å². The number of carbonyl (C=O) groups excluding carboxylic acids is 1. The fourth-order valence-electron chi connectivity index (χ4n) is 2.73. The third kappa shape index (κ3) is 8.18. The summed E-state index contributed by atoms with van der Waals surface area (Å²) in [6.07, 6.45) is 3.08. The highest BCUT2D eigenvalue weighted by molar-refractivity contribution is 9.10. The Morgan fingerprint density at radius 2 is 1.36 bits per heavy atom. The maximum atomic E-state index is 12.4. The number of nitrogens with two attached hydrogens (primary N) is 1. The molecule has 4 nitrogen and oxygen atoms in total. The zero-order valence-corrected chi connectivity index (χ0v) is 19.5. The monoisotopic (exact) mass is 495 g/mol. The smallest absolute Gasteiger partial charge is 0.272 e. The van der Waals surface area contributed by atoms with Crippen LogP contribution in [0.15, 0.2) is 100 Å². The fraction of sp³-hybridized carbons (Fsp3) is 0.0714. The molecule has 0 bridgehead atoms. The van der Waals surface area contributed by atoms with Crippen LogP contribution in [0.1, 0.15) is 16.7 Å². The molecule has 0 heterocycles. The van der Waals surface area contributed by atoms with Crippen molar-refractivity contribution in [3.05, 3.63) is 112 Å². The molecule has 1 amide bonds. The second kappa shape index (κ2) is 12.7. The molecule has 2 N–H and O–H groups in total. The van der Waals surface area contributed by atoms with Crippen LogP contribution >= 0.6 is 15.9 Å². The van der Waals surface area contributed by atoms with Gasteiger partial charge in [-0.15, -0.1) is 0 Å². The largest absolute Gasteiger partial charge is 0.369 e. The Bertz CT molecular complexity index is 1200. The van der Waals surface area contributed by atoms with Gasteiger partial charge in [-0.05, 0) is 42.0 Å². The van der Waals surface area contributed by atoms with Crippen LogP contribution in [0, 0.1) is 23.7 Å². The predicted molar refractivity (Wildman–Crippen MR) is 138 cm³/mol. The Morgan fingerprint density at radius 1 is 0.848 bits per heavy atom. The van der Waals surface area contributed by atoms with E-state index in [1.807, 2.05) is 84.9 Å². The molecule has 5 heteroatoms. The predicted octanol–water partition coefficient (Wildman–Crippen LogP) is 4.71. The van der Waals surface area contributed by atoms with E-state index in [0.717, 1.165) is 21.2 Å². The van der Waals surface area contributed by atoms with Gasteiger partial charge in [-0.25, -0.2) is 0 Å². The molecule has 0 aliphatic rings. The third-order valence-corrected chi connectivity index (χ3v) is 5.13. The zero-order valence-electron chi connectivity index (χ0n) is 17.9. The van der Waals surface area contributed by atoms with E-state index in [9.17, 15) is 4.79 Å². The minimum absolute atomic E-state index is 0.0708. The van der Waals surface area contributed by atoms with Crippen molar-refractivity contribution in [3.8, 4) is 23.7 Å². The lowest BCUT2D eigenvalue weighted by molar-refractivity contribution is -0.113. The lowest BCUT2D eigenvalue weighted by Crippen LogP contribution is -2.38. The second-order valence-corrected chi connectivity index (χ2v) is 7.71. The molecule has 3 aromatic carbocycles. The molecule has 0 aliphatic carbocycles. The van der Waals surface area contributed by atoms with E-state index in [-0.39, 0.29) is 19.0 Å². The average molecular weight is 496 g/mol. The molecule has 0 fully saturated rings. The van der Waals surface area contributed by atoms with Crippen LogP contribution in [0.4, 0.5) is 0 Å². The number of hydrogen-bond acceptors (Lipinski definition) is 1. The van der Waals surface area contributed by atoms with Crippen LogP contribution in [-0.2, 0) is 4.79 Å². The van der Waals surface area contributed by atoms with Crippen LogP contribution < -0.4 is 5.73 Å².